The molecule has 5 heteroatoms. The Morgan fingerprint density at radius 3 is 2.39 bits per heavy atom. The van der Waals surface area contributed by atoms with Crippen molar-refractivity contribution in [3.05, 3.63) is 0 Å². The van der Waals surface area contributed by atoms with E-state index in [0.29, 0.717) is 25.1 Å². The van der Waals surface area contributed by atoms with Crippen LogP contribution < -0.4 is 10.6 Å². The third-order valence-corrected chi connectivity index (χ3v) is 2.30. The van der Waals surface area contributed by atoms with E-state index < -0.39 is 0 Å². The topological polar surface area (TPSA) is 45.7 Å². The van der Waals surface area contributed by atoms with Crippen LogP contribution in [0.15, 0.2) is 4.99 Å². The Hall–Kier alpha value is -0.0400. The Bertz CT molecular complexity index is 210. The summed E-state index contributed by atoms with van der Waals surface area (Å²) in [5.41, 5.74) is 0. The number of aliphatic imine (C=N–C) groups is 1. The quantitative estimate of drug-likeness (QED) is 0.298. The van der Waals surface area contributed by atoms with Gasteiger partial charge < -0.3 is 15.4 Å². The van der Waals surface area contributed by atoms with E-state index in [1.807, 2.05) is 0 Å². The standard InChI is InChI=1S/C13H29N3O.HI/c1-6-12(5)16-13(14-7-2)15-8-9-17-10-11(3)4;/h11-12H,6-10H2,1-5H3,(H2,14,15,16);1H. The molecule has 0 aliphatic carbocycles. The van der Waals surface area contributed by atoms with Crippen molar-refractivity contribution in [2.24, 2.45) is 10.9 Å². The van der Waals surface area contributed by atoms with Crippen molar-refractivity contribution >= 4 is 29.9 Å². The van der Waals surface area contributed by atoms with E-state index in [1.54, 1.807) is 0 Å². The Morgan fingerprint density at radius 2 is 1.89 bits per heavy atom. The van der Waals surface area contributed by atoms with E-state index in [2.05, 4.69) is 50.2 Å². The molecular weight excluding hydrogens is 341 g/mol. The van der Waals surface area contributed by atoms with Crippen molar-refractivity contribution in [2.45, 2.75) is 47.1 Å². The first-order valence-electron chi connectivity index (χ1n) is 6.72. The second kappa shape index (κ2) is 13.4. The summed E-state index contributed by atoms with van der Waals surface area (Å²) in [5.74, 6) is 1.47. The van der Waals surface area contributed by atoms with E-state index in [-0.39, 0.29) is 24.0 Å². The third kappa shape index (κ3) is 12.4. The molecule has 0 aliphatic rings. The van der Waals surface area contributed by atoms with Gasteiger partial charge in [-0.1, -0.05) is 20.8 Å². The molecule has 0 aliphatic heterocycles. The molecule has 4 nitrogen and oxygen atoms in total. The molecule has 0 radical (unpaired) electrons. The molecule has 0 aromatic rings. The van der Waals surface area contributed by atoms with Crippen LogP contribution in [0.1, 0.15) is 41.0 Å². The summed E-state index contributed by atoms with van der Waals surface area (Å²) in [5, 5.41) is 6.58. The van der Waals surface area contributed by atoms with Crippen LogP contribution in [0, 0.1) is 5.92 Å². The molecule has 0 saturated carbocycles. The molecule has 0 saturated heterocycles. The van der Waals surface area contributed by atoms with Crippen molar-refractivity contribution in [3.8, 4) is 0 Å². The minimum absolute atomic E-state index is 0. The highest BCUT2D eigenvalue weighted by Crippen LogP contribution is 1.92. The van der Waals surface area contributed by atoms with Crippen LogP contribution >= 0.6 is 24.0 Å². The lowest BCUT2D eigenvalue weighted by molar-refractivity contribution is 0.117. The second-order valence-corrected chi connectivity index (χ2v) is 4.68. The highest BCUT2D eigenvalue weighted by molar-refractivity contribution is 14.0. The van der Waals surface area contributed by atoms with Gasteiger partial charge in [-0.25, -0.2) is 0 Å². The van der Waals surface area contributed by atoms with Gasteiger partial charge in [0.2, 0.25) is 0 Å². The fraction of sp³-hybridized carbons (Fsp3) is 0.923. The lowest BCUT2D eigenvalue weighted by Gasteiger charge is -2.16. The van der Waals surface area contributed by atoms with Gasteiger partial charge in [-0.3, -0.25) is 4.99 Å². The Balaban J connectivity index is 0. The number of nitrogens with zero attached hydrogens (tertiary/aromatic N) is 1. The Labute approximate surface area is 129 Å². The molecule has 0 aromatic carbocycles. The summed E-state index contributed by atoms with van der Waals surface area (Å²) in [6.45, 7) is 13.8. The van der Waals surface area contributed by atoms with Gasteiger partial charge >= 0.3 is 0 Å². The minimum atomic E-state index is 0. The molecule has 2 N–H and O–H groups in total. The zero-order chi connectivity index (χ0) is 13.1. The lowest BCUT2D eigenvalue weighted by Crippen LogP contribution is -2.42. The van der Waals surface area contributed by atoms with Crippen molar-refractivity contribution in [3.63, 3.8) is 0 Å². The number of nitrogens with one attached hydrogen (secondary N) is 2. The maximum absolute atomic E-state index is 5.49. The maximum atomic E-state index is 5.49. The van der Waals surface area contributed by atoms with Gasteiger partial charge in [-0.2, -0.15) is 0 Å². The summed E-state index contributed by atoms with van der Waals surface area (Å²) in [6, 6.07) is 0.449. The van der Waals surface area contributed by atoms with Gasteiger partial charge in [0.1, 0.15) is 0 Å². The van der Waals surface area contributed by atoms with Crippen LogP contribution in [0.2, 0.25) is 0 Å². The molecule has 1 atom stereocenters. The number of ether oxygens (including phenoxy) is 1. The molecule has 18 heavy (non-hydrogen) atoms. The molecule has 110 valence electrons. The number of rotatable bonds is 8. The molecule has 0 spiro atoms. The summed E-state index contributed by atoms with van der Waals surface area (Å²) >= 11 is 0. The van der Waals surface area contributed by atoms with E-state index >= 15 is 0 Å². The average molecular weight is 371 g/mol. The van der Waals surface area contributed by atoms with Crippen molar-refractivity contribution in [1.29, 1.82) is 0 Å². The van der Waals surface area contributed by atoms with Gasteiger partial charge in [0.05, 0.1) is 13.2 Å². The monoisotopic (exact) mass is 371 g/mol. The minimum Gasteiger partial charge on any atom is -0.379 e. The van der Waals surface area contributed by atoms with Crippen molar-refractivity contribution in [1.82, 2.24) is 10.6 Å². The average Bonchev–Trinajstić information content (AvgIpc) is 2.28. The van der Waals surface area contributed by atoms with Gasteiger partial charge in [-0.15, -0.1) is 24.0 Å². The molecule has 0 rings (SSSR count). The normalized spacial score (nSPS) is 13.1. The first kappa shape index (κ1) is 20.3. The Morgan fingerprint density at radius 1 is 1.22 bits per heavy atom. The molecule has 0 amide bonds. The molecule has 0 heterocycles. The van der Waals surface area contributed by atoms with Crippen LogP contribution in [0.5, 0.6) is 0 Å². The lowest BCUT2D eigenvalue weighted by atomic mass is 10.2. The zero-order valence-corrected chi connectivity index (χ0v) is 14.8. The SMILES string of the molecule is CCNC(=NCCOCC(C)C)NC(C)CC.I. The smallest absolute Gasteiger partial charge is 0.191 e. The van der Waals surface area contributed by atoms with Gasteiger partial charge in [0, 0.05) is 19.2 Å². The predicted octanol–water partition coefficient (Wildman–Crippen LogP) is 2.63. The maximum Gasteiger partial charge on any atom is 0.191 e. The van der Waals surface area contributed by atoms with Gasteiger partial charge in [0.15, 0.2) is 5.96 Å². The summed E-state index contributed by atoms with van der Waals surface area (Å²) < 4.78 is 5.49. The van der Waals surface area contributed by atoms with E-state index in [0.717, 1.165) is 25.5 Å². The number of halogens is 1. The summed E-state index contributed by atoms with van der Waals surface area (Å²) in [4.78, 5) is 4.47. The van der Waals surface area contributed by atoms with Crippen molar-refractivity contribution < 1.29 is 4.74 Å². The number of hydrogen-bond acceptors (Lipinski definition) is 2. The molecule has 0 aromatic heterocycles. The largest absolute Gasteiger partial charge is 0.379 e. The Kier molecular flexibility index (Phi) is 15.1. The highest BCUT2D eigenvalue weighted by atomic mass is 127. The van der Waals surface area contributed by atoms with E-state index in [4.69, 9.17) is 4.74 Å². The summed E-state index contributed by atoms with van der Waals surface area (Å²) in [7, 11) is 0. The van der Waals surface area contributed by atoms with Crippen LogP contribution in [-0.4, -0.2) is 38.3 Å². The fourth-order valence-electron chi connectivity index (χ4n) is 1.20. The van der Waals surface area contributed by atoms with Crippen LogP contribution in [0.4, 0.5) is 0 Å². The molecule has 0 fully saturated rings. The first-order chi connectivity index (χ1) is 8.10. The molecular formula is C13H30IN3O. The zero-order valence-electron chi connectivity index (χ0n) is 12.5. The van der Waals surface area contributed by atoms with E-state index in [1.165, 1.54) is 0 Å². The van der Waals surface area contributed by atoms with Crippen LogP contribution in [0.25, 0.3) is 0 Å². The van der Waals surface area contributed by atoms with Crippen LogP contribution in [-0.2, 0) is 4.74 Å². The number of guanidine groups is 1. The third-order valence-electron chi connectivity index (χ3n) is 2.30. The van der Waals surface area contributed by atoms with Crippen molar-refractivity contribution in [2.75, 3.05) is 26.3 Å². The van der Waals surface area contributed by atoms with E-state index in [9.17, 15) is 0 Å². The van der Waals surface area contributed by atoms with Crippen LogP contribution in [0.3, 0.4) is 0 Å². The number of hydrogen-bond donors (Lipinski definition) is 2. The first-order valence-corrected chi connectivity index (χ1v) is 6.72. The summed E-state index contributed by atoms with van der Waals surface area (Å²) in [6.07, 6.45) is 1.09. The predicted molar refractivity (Wildman–Crippen MR) is 89.9 cm³/mol. The van der Waals surface area contributed by atoms with Gasteiger partial charge in [0.25, 0.3) is 0 Å². The highest BCUT2D eigenvalue weighted by Gasteiger charge is 2.01. The molecule has 0 bridgehead atoms. The fourth-order valence-corrected chi connectivity index (χ4v) is 1.20. The molecule has 1 unspecified atom stereocenters. The second-order valence-electron chi connectivity index (χ2n) is 4.68. The van der Waals surface area contributed by atoms with Gasteiger partial charge in [-0.05, 0) is 26.2 Å².